The van der Waals surface area contributed by atoms with Gasteiger partial charge in [-0.25, -0.2) is 4.68 Å². The number of halogens is 3. The molecule has 17 heavy (non-hydrogen) atoms. The molecule has 1 atom stereocenters. The van der Waals surface area contributed by atoms with Gasteiger partial charge >= 0.3 is 6.18 Å². The van der Waals surface area contributed by atoms with Crippen molar-refractivity contribution in [1.29, 1.82) is 0 Å². The molecule has 1 aromatic rings. The van der Waals surface area contributed by atoms with Crippen LogP contribution < -0.4 is 10.9 Å². The maximum atomic E-state index is 12.5. The first kappa shape index (κ1) is 12.1. The van der Waals surface area contributed by atoms with E-state index in [9.17, 15) is 18.0 Å². The van der Waals surface area contributed by atoms with Gasteiger partial charge in [0.25, 0.3) is 5.56 Å². The fraction of sp³-hybridized carbons (Fsp3) is 0.600. The molecule has 2 heterocycles. The first-order valence-electron chi connectivity index (χ1n) is 5.36. The summed E-state index contributed by atoms with van der Waals surface area (Å²) in [5.41, 5.74) is -1.52. The number of piperidine rings is 1. The molecule has 1 aromatic heterocycles. The lowest BCUT2D eigenvalue weighted by Crippen LogP contribution is -2.38. The minimum atomic E-state index is -4.52. The van der Waals surface area contributed by atoms with Gasteiger partial charge in [-0.1, -0.05) is 0 Å². The Morgan fingerprint density at radius 2 is 2.18 bits per heavy atom. The van der Waals surface area contributed by atoms with Crippen LogP contribution in [0.1, 0.15) is 24.6 Å². The Kier molecular flexibility index (Phi) is 3.19. The summed E-state index contributed by atoms with van der Waals surface area (Å²) in [6.07, 6.45) is -3.02. The van der Waals surface area contributed by atoms with Gasteiger partial charge in [0.2, 0.25) is 0 Å². The van der Waals surface area contributed by atoms with Gasteiger partial charge in [-0.2, -0.15) is 18.3 Å². The summed E-state index contributed by atoms with van der Waals surface area (Å²) in [5, 5.41) is 6.44. The van der Waals surface area contributed by atoms with Crippen LogP contribution in [0.2, 0.25) is 0 Å². The van der Waals surface area contributed by atoms with Crippen molar-refractivity contribution in [2.75, 3.05) is 13.1 Å². The molecule has 1 N–H and O–H groups in total. The molecule has 94 valence electrons. The monoisotopic (exact) mass is 247 g/mol. The van der Waals surface area contributed by atoms with Gasteiger partial charge in [-0.3, -0.25) is 4.79 Å². The summed E-state index contributed by atoms with van der Waals surface area (Å²) >= 11 is 0. The van der Waals surface area contributed by atoms with Crippen LogP contribution >= 0.6 is 0 Å². The molecule has 0 radical (unpaired) electrons. The van der Waals surface area contributed by atoms with Crippen LogP contribution in [0.3, 0.4) is 0 Å². The van der Waals surface area contributed by atoms with E-state index in [4.69, 9.17) is 0 Å². The van der Waals surface area contributed by atoms with Crippen molar-refractivity contribution in [3.8, 4) is 0 Å². The predicted molar refractivity (Wildman–Crippen MR) is 54.6 cm³/mol. The zero-order valence-corrected chi connectivity index (χ0v) is 9.00. The van der Waals surface area contributed by atoms with E-state index in [1.807, 2.05) is 0 Å². The van der Waals surface area contributed by atoms with E-state index in [1.54, 1.807) is 0 Å². The summed E-state index contributed by atoms with van der Waals surface area (Å²) in [7, 11) is 0. The van der Waals surface area contributed by atoms with Crippen molar-refractivity contribution in [2.24, 2.45) is 0 Å². The molecule has 0 amide bonds. The molecule has 0 bridgehead atoms. The van der Waals surface area contributed by atoms with Gasteiger partial charge in [-0.05, 0) is 25.5 Å². The number of nitrogens with one attached hydrogen (secondary N) is 1. The molecule has 1 aliphatic rings. The number of hydrogen-bond acceptors (Lipinski definition) is 3. The molecule has 1 saturated heterocycles. The van der Waals surface area contributed by atoms with Gasteiger partial charge in [0.15, 0.2) is 5.69 Å². The Bertz CT molecular complexity index is 449. The Morgan fingerprint density at radius 1 is 1.41 bits per heavy atom. The zero-order chi connectivity index (χ0) is 12.5. The van der Waals surface area contributed by atoms with E-state index in [0.717, 1.165) is 29.8 Å². The van der Waals surface area contributed by atoms with Crippen molar-refractivity contribution in [2.45, 2.75) is 25.1 Å². The lowest BCUT2D eigenvalue weighted by Gasteiger charge is -2.24. The molecule has 2 rings (SSSR count). The van der Waals surface area contributed by atoms with Crippen LogP contribution in [0.15, 0.2) is 16.9 Å². The second-order valence-corrected chi connectivity index (χ2v) is 4.00. The van der Waals surface area contributed by atoms with Crippen molar-refractivity contribution in [3.63, 3.8) is 0 Å². The molecule has 7 heteroatoms. The number of rotatable bonds is 1. The van der Waals surface area contributed by atoms with E-state index in [0.29, 0.717) is 13.0 Å². The molecule has 4 nitrogen and oxygen atoms in total. The summed E-state index contributed by atoms with van der Waals surface area (Å²) in [6.45, 7) is 1.30. The first-order valence-corrected chi connectivity index (χ1v) is 5.36. The Balaban J connectivity index is 2.35. The molecule has 0 spiro atoms. The molecular formula is C10H12F3N3O. The molecule has 0 saturated carbocycles. The molecule has 1 aliphatic heterocycles. The number of nitrogens with zero attached hydrogens (tertiary/aromatic N) is 2. The van der Waals surface area contributed by atoms with Crippen LogP contribution in [-0.2, 0) is 6.18 Å². The Hall–Kier alpha value is -1.37. The maximum Gasteiger partial charge on any atom is 0.435 e. The number of alkyl halides is 3. The highest BCUT2D eigenvalue weighted by atomic mass is 19.4. The summed E-state index contributed by atoms with van der Waals surface area (Å²) in [5.74, 6) is 0. The second kappa shape index (κ2) is 4.48. The van der Waals surface area contributed by atoms with E-state index >= 15 is 0 Å². The van der Waals surface area contributed by atoms with Crippen molar-refractivity contribution in [1.82, 2.24) is 15.1 Å². The quantitative estimate of drug-likeness (QED) is 0.810. The topological polar surface area (TPSA) is 46.9 Å². The third-order valence-electron chi connectivity index (χ3n) is 2.73. The Morgan fingerprint density at radius 3 is 2.76 bits per heavy atom. The van der Waals surface area contributed by atoms with Crippen LogP contribution in [0.4, 0.5) is 13.2 Å². The van der Waals surface area contributed by atoms with Gasteiger partial charge in [-0.15, -0.1) is 0 Å². The van der Waals surface area contributed by atoms with Gasteiger partial charge < -0.3 is 5.32 Å². The standard InChI is InChI=1S/C10H12F3N3O/c11-10(12,13)8-3-4-9(17)16(15-8)7-2-1-5-14-6-7/h3-4,7,14H,1-2,5-6H2. The first-order chi connectivity index (χ1) is 7.98. The van der Waals surface area contributed by atoms with Crippen LogP contribution in [0.25, 0.3) is 0 Å². The molecule has 1 unspecified atom stereocenters. The summed E-state index contributed by atoms with van der Waals surface area (Å²) < 4.78 is 38.4. The molecule has 0 aromatic carbocycles. The zero-order valence-electron chi connectivity index (χ0n) is 9.00. The predicted octanol–water partition coefficient (Wildman–Crippen LogP) is 1.19. The smallest absolute Gasteiger partial charge is 0.315 e. The van der Waals surface area contributed by atoms with Crippen LogP contribution in [0, 0.1) is 0 Å². The van der Waals surface area contributed by atoms with Crippen molar-refractivity contribution in [3.05, 3.63) is 28.2 Å². The van der Waals surface area contributed by atoms with Crippen molar-refractivity contribution >= 4 is 0 Å². The van der Waals surface area contributed by atoms with E-state index < -0.39 is 17.4 Å². The molecule has 0 aliphatic carbocycles. The average molecular weight is 247 g/mol. The minimum Gasteiger partial charge on any atom is -0.315 e. The number of hydrogen-bond donors (Lipinski definition) is 1. The minimum absolute atomic E-state index is 0.293. The third-order valence-corrected chi connectivity index (χ3v) is 2.73. The molecular weight excluding hydrogens is 235 g/mol. The SMILES string of the molecule is O=c1ccc(C(F)(F)F)nn1C1CCCNC1. The van der Waals surface area contributed by atoms with Crippen LogP contribution in [0.5, 0.6) is 0 Å². The normalized spacial score (nSPS) is 21.5. The highest BCUT2D eigenvalue weighted by Crippen LogP contribution is 2.27. The van der Waals surface area contributed by atoms with E-state index in [2.05, 4.69) is 10.4 Å². The lowest BCUT2D eigenvalue weighted by molar-refractivity contribution is -0.142. The third kappa shape index (κ3) is 2.66. The summed E-state index contributed by atoms with van der Waals surface area (Å²) in [6, 6.07) is 1.35. The fourth-order valence-electron chi connectivity index (χ4n) is 1.88. The second-order valence-electron chi connectivity index (χ2n) is 4.00. The lowest BCUT2D eigenvalue weighted by atomic mass is 10.1. The van der Waals surface area contributed by atoms with E-state index in [1.165, 1.54) is 0 Å². The fourth-order valence-corrected chi connectivity index (χ4v) is 1.88. The largest absolute Gasteiger partial charge is 0.435 e. The molecule has 1 fully saturated rings. The average Bonchev–Trinajstić information content (AvgIpc) is 2.29. The van der Waals surface area contributed by atoms with Crippen LogP contribution in [-0.4, -0.2) is 22.9 Å². The maximum absolute atomic E-state index is 12.5. The highest BCUT2D eigenvalue weighted by Gasteiger charge is 2.33. The van der Waals surface area contributed by atoms with Gasteiger partial charge in [0.05, 0.1) is 6.04 Å². The summed E-state index contributed by atoms with van der Waals surface area (Å²) in [4.78, 5) is 11.5. The Labute approximate surface area is 95.4 Å². The van der Waals surface area contributed by atoms with Crippen molar-refractivity contribution < 1.29 is 13.2 Å². The number of aromatic nitrogens is 2. The highest BCUT2D eigenvalue weighted by molar-refractivity contribution is 5.05. The van der Waals surface area contributed by atoms with E-state index in [-0.39, 0.29) is 6.04 Å². The van der Waals surface area contributed by atoms with Gasteiger partial charge in [0, 0.05) is 12.6 Å². The van der Waals surface area contributed by atoms with Gasteiger partial charge in [0.1, 0.15) is 0 Å².